The smallest absolute Gasteiger partial charge is 0.223 e. The first kappa shape index (κ1) is 10.6. The quantitative estimate of drug-likeness (QED) is 0.743. The van der Waals surface area contributed by atoms with E-state index in [9.17, 15) is 0 Å². The molecule has 2 nitrogen and oxygen atoms in total. The molecule has 0 amide bonds. The van der Waals surface area contributed by atoms with E-state index in [4.69, 9.17) is 11.6 Å². The molecule has 0 spiro atoms. The summed E-state index contributed by atoms with van der Waals surface area (Å²) < 4.78 is 1.02. The summed E-state index contributed by atoms with van der Waals surface area (Å²) in [6.45, 7) is 1.90. The third kappa shape index (κ3) is 2.55. The Morgan fingerprint density at radius 2 is 2.00 bits per heavy atom. The summed E-state index contributed by atoms with van der Waals surface area (Å²) in [5.41, 5.74) is 2.73. The highest BCUT2D eigenvalue weighted by Gasteiger charge is 2.03. The average molecular weight is 284 g/mol. The molecule has 2 aromatic rings. The molecule has 0 saturated carbocycles. The Morgan fingerprint density at radius 1 is 1.20 bits per heavy atom. The Bertz CT molecular complexity index is 479. The van der Waals surface area contributed by atoms with E-state index in [-0.39, 0.29) is 5.28 Å². The zero-order valence-corrected chi connectivity index (χ0v) is 10.4. The van der Waals surface area contributed by atoms with E-state index >= 15 is 0 Å². The Labute approximate surface area is 101 Å². The van der Waals surface area contributed by atoms with Gasteiger partial charge in [0.1, 0.15) is 0 Å². The predicted molar refractivity (Wildman–Crippen MR) is 64.9 cm³/mol. The average Bonchev–Trinajstić information content (AvgIpc) is 2.16. The largest absolute Gasteiger partial charge is 0.223 e. The molecule has 1 aromatic carbocycles. The molecule has 0 fully saturated rings. The zero-order chi connectivity index (χ0) is 10.8. The monoisotopic (exact) mass is 282 g/mol. The van der Waals surface area contributed by atoms with E-state index in [1.807, 2.05) is 37.3 Å². The van der Waals surface area contributed by atoms with Crippen LogP contribution in [0.1, 0.15) is 5.69 Å². The third-order valence-electron chi connectivity index (χ3n) is 1.95. The molecule has 1 heterocycles. The van der Waals surface area contributed by atoms with Crippen LogP contribution >= 0.6 is 27.5 Å². The van der Waals surface area contributed by atoms with Crippen molar-refractivity contribution in [2.24, 2.45) is 0 Å². The lowest BCUT2D eigenvalue weighted by atomic mass is 10.1. The van der Waals surface area contributed by atoms with Gasteiger partial charge in [0.15, 0.2) is 0 Å². The van der Waals surface area contributed by atoms with Gasteiger partial charge in [-0.05, 0) is 36.7 Å². The maximum absolute atomic E-state index is 5.81. The molecule has 1 aromatic heterocycles. The van der Waals surface area contributed by atoms with Gasteiger partial charge in [-0.3, -0.25) is 0 Å². The summed E-state index contributed by atoms with van der Waals surface area (Å²) in [6.07, 6.45) is 0. The third-order valence-corrected chi connectivity index (χ3v) is 2.61. The molecule has 0 aliphatic heterocycles. The van der Waals surface area contributed by atoms with E-state index in [0.29, 0.717) is 0 Å². The van der Waals surface area contributed by atoms with Gasteiger partial charge in [0.05, 0.1) is 5.69 Å². The summed E-state index contributed by atoms with van der Waals surface area (Å²) in [5.74, 6) is 0. The van der Waals surface area contributed by atoms with Crippen molar-refractivity contribution in [1.29, 1.82) is 0 Å². The summed E-state index contributed by atoms with van der Waals surface area (Å²) >= 11 is 9.23. The first-order valence-corrected chi connectivity index (χ1v) is 5.59. The molecule has 0 unspecified atom stereocenters. The highest BCUT2D eigenvalue weighted by Crippen LogP contribution is 2.22. The summed E-state index contributed by atoms with van der Waals surface area (Å²) in [5, 5.41) is 0.282. The highest BCUT2D eigenvalue weighted by atomic mass is 79.9. The first-order chi connectivity index (χ1) is 7.15. The van der Waals surface area contributed by atoms with Gasteiger partial charge in [-0.1, -0.05) is 28.1 Å². The van der Waals surface area contributed by atoms with Crippen molar-refractivity contribution in [1.82, 2.24) is 9.97 Å². The van der Waals surface area contributed by atoms with Crippen LogP contribution in [-0.4, -0.2) is 9.97 Å². The lowest BCUT2D eigenvalue weighted by Gasteiger charge is -2.02. The van der Waals surface area contributed by atoms with Crippen LogP contribution in [-0.2, 0) is 0 Å². The van der Waals surface area contributed by atoms with Gasteiger partial charge in [0, 0.05) is 15.7 Å². The minimum atomic E-state index is 0.282. The van der Waals surface area contributed by atoms with Gasteiger partial charge >= 0.3 is 0 Å². The second-order valence-electron chi connectivity index (χ2n) is 3.17. The topological polar surface area (TPSA) is 25.8 Å². The van der Waals surface area contributed by atoms with Crippen LogP contribution < -0.4 is 0 Å². The lowest BCUT2D eigenvalue weighted by Crippen LogP contribution is -1.90. The van der Waals surface area contributed by atoms with Gasteiger partial charge in [0.2, 0.25) is 5.28 Å². The maximum Gasteiger partial charge on any atom is 0.223 e. The number of nitrogens with zero attached hydrogens (tertiary/aromatic N) is 2. The summed E-state index contributed by atoms with van der Waals surface area (Å²) in [7, 11) is 0. The van der Waals surface area contributed by atoms with Crippen LogP contribution in [0, 0.1) is 6.92 Å². The predicted octanol–water partition coefficient (Wildman–Crippen LogP) is 3.87. The van der Waals surface area contributed by atoms with Gasteiger partial charge in [-0.15, -0.1) is 0 Å². The standard InChI is InChI=1S/C11H8BrClN2/c1-7-5-10(15-11(13)14-7)8-3-2-4-9(12)6-8/h2-6H,1H3. The number of rotatable bonds is 1. The molecule has 0 radical (unpaired) electrons. The molecule has 0 N–H and O–H groups in total. The fourth-order valence-corrected chi connectivity index (χ4v) is 1.95. The van der Waals surface area contributed by atoms with Gasteiger partial charge in [0.25, 0.3) is 0 Å². The molecule has 4 heteroatoms. The Hall–Kier alpha value is -0.930. The van der Waals surface area contributed by atoms with Crippen molar-refractivity contribution in [3.05, 3.63) is 45.8 Å². The number of benzene rings is 1. The number of hydrogen-bond acceptors (Lipinski definition) is 2. The van der Waals surface area contributed by atoms with Gasteiger partial charge in [-0.25, -0.2) is 9.97 Å². The second-order valence-corrected chi connectivity index (χ2v) is 4.43. The van der Waals surface area contributed by atoms with Crippen molar-refractivity contribution in [3.8, 4) is 11.3 Å². The van der Waals surface area contributed by atoms with E-state index < -0.39 is 0 Å². The van der Waals surface area contributed by atoms with E-state index in [1.165, 1.54) is 0 Å². The molecule has 0 aliphatic carbocycles. The molecule has 76 valence electrons. The Kier molecular flexibility index (Phi) is 3.03. The summed E-state index contributed by atoms with van der Waals surface area (Å²) in [4.78, 5) is 8.20. The van der Waals surface area contributed by atoms with Crippen LogP contribution in [0.2, 0.25) is 5.28 Å². The maximum atomic E-state index is 5.81. The van der Waals surface area contributed by atoms with E-state index in [1.54, 1.807) is 0 Å². The van der Waals surface area contributed by atoms with Crippen molar-refractivity contribution < 1.29 is 0 Å². The second kappa shape index (κ2) is 4.29. The molecule has 15 heavy (non-hydrogen) atoms. The number of hydrogen-bond donors (Lipinski definition) is 0. The molecule has 0 saturated heterocycles. The van der Waals surface area contributed by atoms with Crippen molar-refractivity contribution >= 4 is 27.5 Å². The fourth-order valence-electron chi connectivity index (χ4n) is 1.33. The molecule has 2 rings (SSSR count). The minimum absolute atomic E-state index is 0.282. The lowest BCUT2D eigenvalue weighted by molar-refractivity contribution is 1.11. The van der Waals surface area contributed by atoms with Crippen LogP contribution in [0.3, 0.4) is 0 Å². The number of aromatic nitrogens is 2. The Balaban J connectivity index is 2.54. The van der Waals surface area contributed by atoms with Gasteiger partial charge in [-0.2, -0.15) is 0 Å². The number of halogens is 2. The fraction of sp³-hybridized carbons (Fsp3) is 0.0909. The van der Waals surface area contributed by atoms with Crippen molar-refractivity contribution in [2.75, 3.05) is 0 Å². The molecular weight excluding hydrogens is 275 g/mol. The minimum Gasteiger partial charge on any atom is -0.223 e. The van der Waals surface area contributed by atoms with E-state index in [2.05, 4.69) is 25.9 Å². The molecule has 0 aliphatic rings. The summed E-state index contributed by atoms with van der Waals surface area (Å²) in [6, 6.07) is 9.83. The van der Waals surface area contributed by atoms with Crippen LogP contribution in [0.25, 0.3) is 11.3 Å². The normalized spacial score (nSPS) is 10.3. The van der Waals surface area contributed by atoms with Crippen LogP contribution in [0.4, 0.5) is 0 Å². The first-order valence-electron chi connectivity index (χ1n) is 4.42. The molecular formula is C11H8BrClN2. The molecule has 0 atom stereocenters. The Morgan fingerprint density at radius 3 is 2.67 bits per heavy atom. The van der Waals surface area contributed by atoms with Crippen molar-refractivity contribution in [2.45, 2.75) is 6.92 Å². The van der Waals surface area contributed by atoms with Crippen LogP contribution in [0.5, 0.6) is 0 Å². The zero-order valence-electron chi connectivity index (χ0n) is 8.04. The molecule has 0 bridgehead atoms. The van der Waals surface area contributed by atoms with Gasteiger partial charge < -0.3 is 0 Å². The van der Waals surface area contributed by atoms with Crippen molar-refractivity contribution in [3.63, 3.8) is 0 Å². The highest BCUT2D eigenvalue weighted by molar-refractivity contribution is 9.10. The SMILES string of the molecule is Cc1cc(-c2cccc(Br)c2)nc(Cl)n1. The van der Waals surface area contributed by atoms with E-state index in [0.717, 1.165) is 21.4 Å². The number of aryl methyl sites for hydroxylation is 1. The van der Waals surface area contributed by atoms with Crippen LogP contribution in [0.15, 0.2) is 34.8 Å².